The number of furan rings is 1. The first-order valence-electron chi connectivity index (χ1n) is 12.2. The number of hydrogen-bond acceptors (Lipinski definition) is 7. The van der Waals surface area contributed by atoms with Gasteiger partial charge in [0.05, 0.1) is 23.2 Å². The zero-order valence-corrected chi connectivity index (χ0v) is 19.7. The third-order valence-corrected chi connectivity index (χ3v) is 6.86. The highest BCUT2D eigenvalue weighted by Crippen LogP contribution is 2.36. The Kier molecular flexibility index (Phi) is 5.85. The number of fused-ring (bicyclic) bond motifs is 1. The summed E-state index contributed by atoms with van der Waals surface area (Å²) in [5, 5.41) is 3.35. The lowest BCUT2D eigenvalue weighted by molar-refractivity contribution is 0.0959. The van der Waals surface area contributed by atoms with Crippen LogP contribution in [-0.2, 0) is 6.42 Å². The molecule has 1 fully saturated rings. The minimum atomic E-state index is -0.215. The van der Waals surface area contributed by atoms with Crippen LogP contribution in [-0.4, -0.2) is 41.9 Å². The van der Waals surface area contributed by atoms with E-state index >= 15 is 0 Å². The van der Waals surface area contributed by atoms with E-state index in [1.54, 1.807) is 12.3 Å². The van der Waals surface area contributed by atoms with Gasteiger partial charge in [-0.1, -0.05) is 30.3 Å². The molecule has 36 heavy (non-hydrogen) atoms. The third-order valence-electron chi connectivity index (χ3n) is 6.86. The highest BCUT2D eigenvalue weighted by atomic mass is 19.1. The van der Waals surface area contributed by atoms with Gasteiger partial charge in [0, 0.05) is 50.6 Å². The van der Waals surface area contributed by atoms with Crippen molar-refractivity contribution in [3.8, 4) is 0 Å². The molecule has 0 amide bonds. The van der Waals surface area contributed by atoms with Gasteiger partial charge in [-0.15, -0.1) is 0 Å². The number of hydrogen-bond donors (Lipinski definition) is 1. The average Bonchev–Trinajstić information content (AvgIpc) is 3.45. The van der Waals surface area contributed by atoms with Crippen molar-refractivity contribution in [3.05, 3.63) is 95.8 Å². The summed E-state index contributed by atoms with van der Waals surface area (Å²) >= 11 is 0. The number of carbonyl (C=O) groups excluding carboxylic acids is 1. The van der Waals surface area contributed by atoms with Crippen LogP contribution in [0, 0.1) is 5.82 Å². The number of nitrogens with zero attached hydrogens (tertiary/aromatic N) is 4. The molecule has 6 rings (SSSR count). The maximum absolute atomic E-state index is 14.3. The summed E-state index contributed by atoms with van der Waals surface area (Å²) in [6, 6.07) is 20.3. The largest absolute Gasteiger partial charge is 0.469 e. The van der Waals surface area contributed by atoms with Crippen molar-refractivity contribution >= 4 is 28.9 Å². The van der Waals surface area contributed by atoms with Crippen LogP contribution in [0.4, 0.5) is 27.5 Å². The number of benzene rings is 2. The molecule has 1 aliphatic carbocycles. The molecule has 7 nitrogen and oxygen atoms in total. The summed E-state index contributed by atoms with van der Waals surface area (Å²) in [5.74, 6) is 1.64. The van der Waals surface area contributed by atoms with E-state index in [0.717, 1.165) is 17.1 Å². The van der Waals surface area contributed by atoms with E-state index in [1.807, 2.05) is 59.5 Å². The SMILES string of the molecule is O=C1CC(c2ccco2)Cc2nc(N3CCN(c4ccccc4F)CC3)nc(Nc3ccccc3)c21. The number of carbonyl (C=O) groups is 1. The molecule has 0 spiro atoms. The van der Waals surface area contributed by atoms with Gasteiger partial charge in [-0.25, -0.2) is 9.37 Å². The number of Topliss-reactive ketones (excluding diaryl/α,β-unsaturated/α-hetero) is 1. The first-order chi connectivity index (χ1) is 17.7. The Balaban J connectivity index is 1.32. The minimum absolute atomic E-state index is 0.00648. The fourth-order valence-electron chi connectivity index (χ4n) is 5.04. The van der Waals surface area contributed by atoms with Gasteiger partial charge in [0.1, 0.15) is 17.4 Å². The number of aromatic nitrogens is 2. The van der Waals surface area contributed by atoms with Crippen molar-refractivity contribution in [2.75, 3.05) is 41.3 Å². The summed E-state index contributed by atoms with van der Waals surface area (Å²) in [4.78, 5) is 27.2. The summed E-state index contributed by atoms with van der Waals surface area (Å²) in [6.45, 7) is 2.59. The second-order valence-corrected chi connectivity index (χ2v) is 9.15. The van der Waals surface area contributed by atoms with E-state index < -0.39 is 0 Å². The van der Waals surface area contributed by atoms with Crippen molar-refractivity contribution in [2.24, 2.45) is 0 Å². The van der Waals surface area contributed by atoms with Crippen molar-refractivity contribution in [2.45, 2.75) is 18.8 Å². The quantitative estimate of drug-likeness (QED) is 0.419. The van der Waals surface area contributed by atoms with Gasteiger partial charge in [-0.3, -0.25) is 4.79 Å². The molecular weight excluding hydrogens is 457 g/mol. The molecule has 2 aromatic carbocycles. The third kappa shape index (κ3) is 4.30. The summed E-state index contributed by atoms with van der Waals surface area (Å²) in [5.41, 5.74) is 2.75. The Morgan fingerprint density at radius 3 is 2.36 bits per heavy atom. The van der Waals surface area contributed by atoms with E-state index in [2.05, 4.69) is 10.2 Å². The van der Waals surface area contributed by atoms with Crippen LogP contribution in [0.2, 0.25) is 0 Å². The van der Waals surface area contributed by atoms with Crippen molar-refractivity contribution in [1.82, 2.24) is 9.97 Å². The monoisotopic (exact) mass is 483 g/mol. The Bertz CT molecular complexity index is 1370. The number of para-hydroxylation sites is 2. The Morgan fingerprint density at radius 2 is 1.61 bits per heavy atom. The number of halogens is 1. The van der Waals surface area contributed by atoms with Gasteiger partial charge < -0.3 is 19.5 Å². The maximum atomic E-state index is 14.3. The maximum Gasteiger partial charge on any atom is 0.227 e. The zero-order valence-electron chi connectivity index (χ0n) is 19.7. The highest BCUT2D eigenvalue weighted by molar-refractivity contribution is 6.03. The molecule has 1 atom stereocenters. The van der Waals surface area contributed by atoms with Crippen LogP contribution >= 0.6 is 0 Å². The van der Waals surface area contributed by atoms with Crippen molar-refractivity contribution in [1.29, 1.82) is 0 Å². The molecule has 0 radical (unpaired) electrons. The predicted octanol–water partition coefficient (Wildman–Crippen LogP) is 5.19. The molecule has 1 unspecified atom stereocenters. The van der Waals surface area contributed by atoms with Crippen LogP contribution in [0.15, 0.2) is 77.4 Å². The number of anilines is 4. The first-order valence-corrected chi connectivity index (χ1v) is 12.2. The fraction of sp³-hybridized carbons (Fsp3) is 0.250. The second-order valence-electron chi connectivity index (χ2n) is 9.15. The molecule has 1 saturated heterocycles. The molecule has 3 heterocycles. The second kappa shape index (κ2) is 9.45. The molecule has 0 saturated carbocycles. The van der Waals surface area contributed by atoms with Crippen LogP contribution in [0.1, 0.15) is 34.2 Å². The summed E-state index contributed by atoms with van der Waals surface area (Å²) in [7, 11) is 0. The van der Waals surface area contributed by atoms with Gasteiger partial charge in [0.25, 0.3) is 0 Å². The van der Waals surface area contributed by atoms with Gasteiger partial charge in [0.2, 0.25) is 5.95 Å². The van der Waals surface area contributed by atoms with Crippen LogP contribution in [0.25, 0.3) is 0 Å². The minimum Gasteiger partial charge on any atom is -0.469 e. The molecule has 1 N–H and O–H groups in total. The Labute approximate surface area is 208 Å². The topological polar surface area (TPSA) is 74.5 Å². The molecular formula is C28H26FN5O2. The number of nitrogens with one attached hydrogen (secondary N) is 1. The zero-order chi connectivity index (χ0) is 24.5. The van der Waals surface area contributed by atoms with Crippen molar-refractivity contribution < 1.29 is 13.6 Å². The smallest absolute Gasteiger partial charge is 0.227 e. The van der Waals surface area contributed by atoms with Crippen molar-refractivity contribution in [3.63, 3.8) is 0 Å². The Hall–Kier alpha value is -4.20. The lowest BCUT2D eigenvalue weighted by Crippen LogP contribution is -2.47. The van der Waals surface area contributed by atoms with Crippen LogP contribution in [0.5, 0.6) is 0 Å². The van der Waals surface area contributed by atoms with Crippen LogP contribution in [0.3, 0.4) is 0 Å². The first kappa shape index (κ1) is 22.3. The molecule has 2 aromatic heterocycles. The molecule has 182 valence electrons. The van der Waals surface area contributed by atoms with Gasteiger partial charge in [0.15, 0.2) is 5.78 Å². The van der Waals surface area contributed by atoms with Gasteiger partial charge in [-0.2, -0.15) is 4.98 Å². The Morgan fingerprint density at radius 1 is 0.861 bits per heavy atom. The predicted molar refractivity (Wildman–Crippen MR) is 137 cm³/mol. The van der Waals surface area contributed by atoms with Gasteiger partial charge in [-0.05, 0) is 36.4 Å². The summed E-state index contributed by atoms with van der Waals surface area (Å²) < 4.78 is 19.9. The average molecular weight is 484 g/mol. The van der Waals surface area contributed by atoms with Crippen LogP contribution < -0.4 is 15.1 Å². The molecule has 8 heteroatoms. The standard InChI is InChI=1S/C28H26FN5O2/c29-21-9-4-5-10-23(21)33-12-14-34(15-13-33)28-31-22-17-19(25-11-6-16-36-25)18-24(35)26(22)27(32-28)30-20-7-2-1-3-8-20/h1-11,16,19H,12-15,17-18H2,(H,30,31,32). The number of rotatable bonds is 5. The number of ketones is 1. The van der Waals surface area contributed by atoms with E-state index in [4.69, 9.17) is 14.4 Å². The number of piperazine rings is 1. The fourth-order valence-corrected chi connectivity index (χ4v) is 5.04. The highest BCUT2D eigenvalue weighted by Gasteiger charge is 2.33. The van der Waals surface area contributed by atoms with E-state index in [9.17, 15) is 9.18 Å². The molecule has 0 bridgehead atoms. The summed E-state index contributed by atoms with van der Waals surface area (Å²) in [6.07, 6.45) is 2.59. The molecule has 1 aliphatic heterocycles. The van der Waals surface area contributed by atoms with E-state index in [-0.39, 0.29) is 17.5 Å². The lowest BCUT2D eigenvalue weighted by atomic mass is 9.84. The van der Waals surface area contributed by atoms with E-state index in [1.165, 1.54) is 6.07 Å². The molecule has 4 aromatic rings. The van der Waals surface area contributed by atoms with Gasteiger partial charge >= 0.3 is 0 Å². The molecule has 2 aliphatic rings. The normalized spacial score (nSPS) is 17.7. The lowest BCUT2D eigenvalue weighted by Gasteiger charge is -2.36. The van der Waals surface area contributed by atoms with E-state index in [0.29, 0.717) is 62.0 Å².